The van der Waals surface area contributed by atoms with Crippen molar-refractivity contribution in [3.63, 3.8) is 0 Å². The average Bonchev–Trinajstić information content (AvgIpc) is 2.64. The molecule has 4 heteroatoms. The number of rotatable bonds is 3. The van der Waals surface area contributed by atoms with Crippen molar-refractivity contribution >= 4 is 0 Å². The lowest BCUT2D eigenvalue weighted by molar-refractivity contribution is 0.00592. The van der Waals surface area contributed by atoms with E-state index in [1.807, 2.05) is 0 Å². The molecule has 2 aliphatic heterocycles. The van der Waals surface area contributed by atoms with Crippen molar-refractivity contribution < 1.29 is 14.2 Å². The minimum Gasteiger partial charge on any atom is -0.389 e. The zero-order chi connectivity index (χ0) is 8.55. The van der Waals surface area contributed by atoms with E-state index in [0.29, 0.717) is 18.7 Å². The first-order valence-corrected chi connectivity index (χ1v) is 4.39. The molecule has 0 aromatic rings. The predicted octanol–water partition coefficient (Wildman–Crippen LogP) is -0.210. The van der Waals surface area contributed by atoms with E-state index in [0.717, 1.165) is 19.6 Å². The number of aliphatic hydroxyl groups excluding tert-OH is 1. The Labute approximate surface area is 71.1 Å². The molecule has 2 aliphatic rings. The maximum Gasteiger partial charge on any atom is 0.117 e. The Morgan fingerprint density at radius 1 is 1.67 bits per heavy atom. The Balaban J connectivity index is 1.82. The molecule has 2 heterocycles. The maximum atomic E-state index is 12.0. The number of nitrogens with zero attached hydrogens (tertiary/aromatic N) is 1. The topological polar surface area (TPSA) is 32.7 Å². The minimum absolute atomic E-state index is 0.335. The van der Waals surface area contributed by atoms with Crippen LogP contribution in [0.25, 0.3) is 0 Å². The molecule has 0 radical (unpaired) electrons. The highest BCUT2D eigenvalue weighted by Crippen LogP contribution is 2.27. The van der Waals surface area contributed by atoms with E-state index < -0.39 is 12.8 Å². The molecule has 2 rings (SSSR count). The molecule has 2 bridgehead atoms. The number of likely N-dealkylation sites (tertiary alicyclic amines) is 1. The average molecular weight is 175 g/mol. The zero-order valence-corrected chi connectivity index (χ0v) is 6.95. The van der Waals surface area contributed by atoms with Crippen LogP contribution in [0.2, 0.25) is 0 Å². The van der Waals surface area contributed by atoms with Crippen molar-refractivity contribution in [2.75, 3.05) is 26.4 Å². The van der Waals surface area contributed by atoms with Crippen LogP contribution in [0.15, 0.2) is 0 Å². The van der Waals surface area contributed by atoms with Crippen molar-refractivity contribution in [3.8, 4) is 0 Å². The molecule has 0 spiro atoms. The summed E-state index contributed by atoms with van der Waals surface area (Å²) in [6.45, 7) is 1.43. The Morgan fingerprint density at radius 2 is 2.50 bits per heavy atom. The summed E-state index contributed by atoms with van der Waals surface area (Å²) < 4.78 is 17.4. The Bertz CT molecular complexity index is 167. The van der Waals surface area contributed by atoms with Gasteiger partial charge in [0.2, 0.25) is 0 Å². The van der Waals surface area contributed by atoms with Gasteiger partial charge < -0.3 is 9.84 Å². The number of fused-ring (bicyclic) bond motifs is 2. The summed E-state index contributed by atoms with van der Waals surface area (Å²) in [6.07, 6.45) is 0.574. The SMILES string of the molecule is OC(CF)CN1C[C@@H]2C[C@H]1CO2. The Hall–Kier alpha value is -0.190. The molecule has 70 valence electrons. The second kappa shape index (κ2) is 3.28. The van der Waals surface area contributed by atoms with Gasteiger partial charge in [0.25, 0.3) is 0 Å². The Morgan fingerprint density at radius 3 is 3.00 bits per heavy atom. The number of hydrogen-bond acceptors (Lipinski definition) is 3. The highest BCUT2D eigenvalue weighted by Gasteiger charge is 2.39. The van der Waals surface area contributed by atoms with Gasteiger partial charge in [-0.1, -0.05) is 0 Å². The molecule has 2 fully saturated rings. The lowest BCUT2D eigenvalue weighted by Gasteiger charge is -2.27. The van der Waals surface area contributed by atoms with E-state index in [-0.39, 0.29) is 0 Å². The quantitative estimate of drug-likeness (QED) is 0.644. The molecule has 0 aromatic heterocycles. The van der Waals surface area contributed by atoms with Crippen LogP contribution >= 0.6 is 0 Å². The minimum atomic E-state index is -0.815. The molecule has 0 amide bonds. The smallest absolute Gasteiger partial charge is 0.117 e. The first-order valence-electron chi connectivity index (χ1n) is 4.39. The van der Waals surface area contributed by atoms with Crippen molar-refractivity contribution in [2.45, 2.75) is 24.7 Å². The standard InChI is InChI=1S/C8H14FNO2/c9-2-7(11)3-10-4-8-1-6(10)5-12-8/h6-8,11H,1-5H2/t6-,7?,8-/m0/s1. The largest absolute Gasteiger partial charge is 0.389 e. The summed E-state index contributed by atoms with van der Waals surface area (Å²) in [4.78, 5) is 2.12. The Kier molecular flexibility index (Phi) is 2.30. The van der Waals surface area contributed by atoms with Crippen LogP contribution < -0.4 is 0 Å². The normalized spacial score (nSPS) is 37.5. The number of morpholine rings is 1. The number of β-amino-alcohol motifs (C(OH)–C–C–N with tert-alkyl or cyclic N) is 1. The molecular formula is C8H14FNO2. The van der Waals surface area contributed by atoms with E-state index in [2.05, 4.69) is 4.90 Å². The monoisotopic (exact) mass is 175 g/mol. The van der Waals surface area contributed by atoms with Crippen molar-refractivity contribution in [2.24, 2.45) is 0 Å². The van der Waals surface area contributed by atoms with E-state index in [1.165, 1.54) is 0 Å². The third-order valence-electron chi connectivity index (χ3n) is 2.64. The number of alkyl halides is 1. The summed E-state index contributed by atoms with van der Waals surface area (Å²) in [5.41, 5.74) is 0. The lowest BCUT2D eigenvalue weighted by Crippen LogP contribution is -2.42. The van der Waals surface area contributed by atoms with E-state index in [4.69, 9.17) is 9.84 Å². The number of halogens is 1. The van der Waals surface area contributed by atoms with Gasteiger partial charge in [-0.15, -0.1) is 0 Å². The molecular weight excluding hydrogens is 161 g/mol. The lowest BCUT2D eigenvalue weighted by atomic mass is 10.2. The summed E-state index contributed by atoms with van der Waals surface area (Å²) in [5, 5.41) is 9.09. The molecule has 0 aliphatic carbocycles. The second-order valence-electron chi connectivity index (χ2n) is 3.61. The fourth-order valence-corrected chi connectivity index (χ4v) is 2.02. The molecule has 3 atom stereocenters. The molecule has 12 heavy (non-hydrogen) atoms. The molecule has 0 aromatic carbocycles. The van der Waals surface area contributed by atoms with Gasteiger partial charge in [0, 0.05) is 19.1 Å². The molecule has 3 nitrogen and oxygen atoms in total. The first kappa shape index (κ1) is 8.41. The maximum absolute atomic E-state index is 12.0. The molecule has 1 unspecified atom stereocenters. The van der Waals surface area contributed by atoms with Crippen molar-refractivity contribution in [1.82, 2.24) is 4.90 Å². The zero-order valence-electron chi connectivity index (χ0n) is 6.95. The predicted molar refractivity (Wildman–Crippen MR) is 41.7 cm³/mol. The van der Waals surface area contributed by atoms with Gasteiger partial charge in [-0.05, 0) is 6.42 Å². The fraction of sp³-hybridized carbons (Fsp3) is 1.00. The first-order chi connectivity index (χ1) is 5.79. The van der Waals surface area contributed by atoms with E-state index in [9.17, 15) is 4.39 Å². The van der Waals surface area contributed by atoms with Crippen molar-refractivity contribution in [1.29, 1.82) is 0 Å². The number of aliphatic hydroxyl groups is 1. The van der Waals surface area contributed by atoms with Crippen LogP contribution in [0, 0.1) is 0 Å². The van der Waals surface area contributed by atoms with Crippen LogP contribution in [0.1, 0.15) is 6.42 Å². The van der Waals surface area contributed by atoms with Crippen LogP contribution in [-0.4, -0.2) is 54.6 Å². The van der Waals surface area contributed by atoms with Crippen LogP contribution in [0.4, 0.5) is 4.39 Å². The number of hydrogen-bond donors (Lipinski definition) is 1. The van der Waals surface area contributed by atoms with Gasteiger partial charge in [0.05, 0.1) is 18.8 Å². The third kappa shape index (κ3) is 1.46. The summed E-state index contributed by atoms with van der Waals surface area (Å²) in [5.74, 6) is 0. The number of ether oxygens (including phenoxy) is 1. The molecule has 0 saturated carbocycles. The van der Waals surface area contributed by atoms with E-state index in [1.54, 1.807) is 0 Å². The van der Waals surface area contributed by atoms with Gasteiger partial charge in [-0.3, -0.25) is 4.90 Å². The summed E-state index contributed by atoms with van der Waals surface area (Å²) in [7, 11) is 0. The van der Waals surface area contributed by atoms with Crippen LogP contribution in [0.5, 0.6) is 0 Å². The third-order valence-corrected chi connectivity index (χ3v) is 2.64. The highest BCUT2D eigenvalue weighted by atomic mass is 19.1. The van der Waals surface area contributed by atoms with E-state index >= 15 is 0 Å². The molecule has 2 saturated heterocycles. The van der Waals surface area contributed by atoms with Crippen molar-refractivity contribution in [3.05, 3.63) is 0 Å². The summed E-state index contributed by atoms with van der Waals surface area (Å²) >= 11 is 0. The van der Waals surface area contributed by atoms with Gasteiger partial charge >= 0.3 is 0 Å². The fourth-order valence-electron chi connectivity index (χ4n) is 2.02. The molecule has 1 N–H and O–H groups in total. The van der Waals surface area contributed by atoms with Crippen LogP contribution in [0.3, 0.4) is 0 Å². The van der Waals surface area contributed by atoms with Gasteiger partial charge in [0.15, 0.2) is 0 Å². The van der Waals surface area contributed by atoms with Gasteiger partial charge in [-0.2, -0.15) is 0 Å². The van der Waals surface area contributed by atoms with Gasteiger partial charge in [-0.25, -0.2) is 4.39 Å². The second-order valence-corrected chi connectivity index (χ2v) is 3.61. The van der Waals surface area contributed by atoms with Gasteiger partial charge in [0.1, 0.15) is 6.67 Å². The highest BCUT2D eigenvalue weighted by molar-refractivity contribution is 4.91. The van der Waals surface area contributed by atoms with Crippen LogP contribution in [-0.2, 0) is 4.74 Å². The summed E-state index contributed by atoms with van der Waals surface area (Å²) in [6, 6.07) is 0.427.